The molecular weight excluding hydrogens is 422 g/mol. The van der Waals surface area contributed by atoms with Gasteiger partial charge in [0.2, 0.25) is 0 Å². The highest BCUT2D eigenvalue weighted by molar-refractivity contribution is 7.80. The van der Waals surface area contributed by atoms with Crippen molar-refractivity contribution < 1.29 is 14.2 Å². The van der Waals surface area contributed by atoms with Crippen molar-refractivity contribution in [1.29, 1.82) is 0 Å². The summed E-state index contributed by atoms with van der Waals surface area (Å²) < 4.78 is 16.6. The van der Waals surface area contributed by atoms with Crippen molar-refractivity contribution in [3.63, 3.8) is 0 Å². The molecule has 1 saturated heterocycles. The first-order chi connectivity index (χ1) is 15.6. The number of benzene rings is 2. The second kappa shape index (κ2) is 12.6. The van der Waals surface area contributed by atoms with Gasteiger partial charge in [-0.3, -0.25) is 4.90 Å². The van der Waals surface area contributed by atoms with Crippen molar-refractivity contribution in [3.8, 4) is 11.5 Å². The Hall–Kier alpha value is -2.35. The third-order valence-corrected chi connectivity index (χ3v) is 5.86. The van der Waals surface area contributed by atoms with E-state index >= 15 is 0 Å². The van der Waals surface area contributed by atoms with Gasteiger partial charge in [0.1, 0.15) is 11.5 Å². The van der Waals surface area contributed by atoms with E-state index in [1.165, 1.54) is 5.56 Å². The number of nitrogens with one attached hydrogen (secondary N) is 1. The number of hydrogen-bond donors (Lipinski definition) is 1. The van der Waals surface area contributed by atoms with E-state index in [0.29, 0.717) is 11.7 Å². The maximum absolute atomic E-state index is 5.85. The average Bonchev–Trinajstić information content (AvgIpc) is 2.80. The maximum Gasteiger partial charge on any atom is 0.173 e. The van der Waals surface area contributed by atoms with Crippen LogP contribution in [0.2, 0.25) is 0 Å². The van der Waals surface area contributed by atoms with Crippen LogP contribution in [0.15, 0.2) is 42.5 Å². The minimum atomic E-state index is 0.666. The molecule has 174 valence electrons. The molecule has 0 saturated carbocycles. The van der Waals surface area contributed by atoms with Crippen LogP contribution < -0.4 is 14.8 Å². The highest BCUT2D eigenvalue weighted by Gasteiger charge is 2.15. The summed E-state index contributed by atoms with van der Waals surface area (Å²) in [5.41, 5.74) is 3.24. The summed E-state index contributed by atoms with van der Waals surface area (Å²) in [4.78, 5) is 4.69. The van der Waals surface area contributed by atoms with Gasteiger partial charge in [-0.05, 0) is 67.9 Å². The predicted octanol–water partition coefficient (Wildman–Crippen LogP) is 4.32. The third-order valence-electron chi connectivity index (χ3n) is 5.50. The van der Waals surface area contributed by atoms with Crippen LogP contribution in [0.4, 0.5) is 5.69 Å². The molecule has 32 heavy (non-hydrogen) atoms. The molecule has 0 aliphatic carbocycles. The van der Waals surface area contributed by atoms with Crippen LogP contribution >= 0.6 is 12.2 Å². The van der Waals surface area contributed by atoms with Crippen LogP contribution in [0.25, 0.3) is 0 Å². The molecule has 2 aromatic carbocycles. The quantitative estimate of drug-likeness (QED) is 0.533. The lowest BCUT2D eigenvalue weighted by Crippen LogP contribution is -2.40. The number of rotatable bonds is 10. The maximum atomic E-state index is 5.85. The van der Waals surface area contributed by atoms with Gasteiger partial charge in [0.15, 0.2) is 5.11 Å². The number of nitrogens with zero attached hydrogens (tertiary/aromatic N) is 2. The predicted molar refractivity (Wildman–Crippen MR) is 134 cm³/mol. The zero-order chi connectivity index (χ0) is 22.8. The number of methoxy groups -OCH3 is 1. The zero-order valence-electron chi connectivity index (χ0n) is 19.4. The Labute approximate surface area is 197 Å². The zero-order valence-corrected chi connectivity index (χ0v) is 20.2. The lowest BCUT2D eigenvalue weighted by Gasteiger charge is -2.30. The number of thiocarbonyl (C=S) groups is 1. The van der Waals surface area contributed by atoms with Gasteiger partial charge in [0.25, 0.3) is 0 Å². The molecule has 0 atom stereocenters. The molecule has 0 unspecified atom stereocenters. The first-order valence-electron chi connectivity index (χ1n) is 11.3. The first-order valence-corrected chi connectivity index (χ1v) is 11.7. The monoisotopic (exact) mass is 457 g/mol. The Morgan fingerprint density at radius 1 is 1.16 bits per heavy atom. The van der Waals surface area contributed by atoms with Crippen molar-refractivity contribution in [2.45, 2.75) is 26.8 Å². The summed E-state index contributed by atoms with van der Waals surface area (Å²) >= 11 is 5.85. The van der Waals surface area contributed by atoms with E-state index in [9.17, 15) is 0 Å². The lowest BCUT2D eigenvalue weighted by atomic mass is 10.2. The smallest absolute Gasteiger partial charge is 0.173 e. The van der Waals surface area contributed by atoms with Crippen LogP contribution in [0, 0.1) is 6.92 Å². The van der Waals surface area contributed by atoms with Crippen molar-refractivity contribution in [2.24, 2.45) is 0 Å². The molecule has 1 aliphatic rings. The van der Waals surface area contributed by atoms with Crippen molar-refractivity contribution >= 4 is 23.0 Å². The Kier molecular flexibility index (Phi) is 9.59. The Morgan fingerprint density at radius 3 is 2.59 bits per heavy atom. The number of hydrogen-bond acceptors (Lipinski definition) is 5. The van der Waals surface area contributed by atoms with E-state index in [-0.39, 0.29) is 0 Å². The Morgan fingerprint density at radius 2 is 1.91 bits per heavy atom. The second-order valence-corrected chi connectivity index (χ2v) is 8.33. The molecule has 1 fully saturated rings. The number of aryl methyl sites for hydroxylation is 1. The third kappa shape index (κ3) is 7.36. The first kappa shape index (κ1) is 24.3. The van der Waals surface area contributed by atoms with Gasteiger partial charge in [-0.2, -0.15) is 0 Å². The van der Waals surface area contributed by atoms with E-state index in [1.54, 1.807) is 7.11 Å². The van der Waals surface area contributed by atoms with Crippen LogP contribution in [0.3, 0.4) is 0 Å². The largest absolute Gasteiger partial charge is 0.495 e. The fourth-order valence-corrected chi connectivity index (χ4v) is 4.02. The Balaban J connectivity index is 1.68. The molecule has 0 bridgehead atoms. The van der Waals surface area contributed by atoms with Crippen molar-refractivity contribution in [3.05, 3.63) is 53.6 Å². The summed E-state index contributed by atoms with van der Waals surface area (Å²) in [5, 5.41) is 4.12. The standard InChI is InChI=1S/C25H35N3O3S/c1-4-31-22-9-7-21(8-10-22)19-28(13-5-12-27-14-16-30-17-15-27)25(32)26-23-18-20(2)6-11-24(23)29-3/h6-11,18H,4-5,12-17,19H2,1-3H3,(H,26,32). The van der Waals surface area contributed by atoms with E-state index in [0.717, 1.165) is 75.1 Å². The highest BCUT2D eigenvalue weighted by atomic mass is 32.1. The topological polar surface area (TPSA) is 46.2 Å². The summed E-state index contributed by atoms with van der Waals surface area (Å²) in [6.45, 7) is 11.0. The van der Waals surface area contributed by atoms with Gasteiger partial charge < -0.3 is 24.4 Å². The fraction of sp³-hybridized carbons (Fsp3) is 0.480. The second-order valence-electron chi connectivity index (χ2n) is 7.94. The van der Waals surface area contributed by atoms with Gasteiger partial charge >= 0.3 is 0 Å². The Bertz CT molecular complexity index is 854. The average molecular weight is 458 g/mol. The summed E-state index contributed by atoms with van der Waals surface area (Å²) in [5.74, 6) is 1.67. The number of ether oxygens (including phenoxy) is 3. The summed E-state index contributed by atoms with van der Waals surface area (Å²) in [6, 6.07) is 14.3. The minimum absolute atomic E-state index is 0.666. The van der Waals surface area contributed by atoms with E-state index < -0.39 is 0 Å². The highest BCUT2D eigenvalue weighted by Crippen LogP contribution is 2.26. The van der Waals surface area contributed by atoms with Crippen LogP contribution in [0.5, 0.6) is 11.5 Å². The van der Waals surface area contributed by atoms with E-state index in [4.69, 9.17) is 26.4 Å². The molecule has 2 aromatic rings. The van der Waals surface area contributed by atoms with Crippen LogP contribution in [-0.4, -0.2) is 68.0 Å². The van der Waals surface area contributed by atoms with Crippen LogP contribution in [0.1, 0.15) is 24.5 Å². The molecule has 0 spiro atoms. The lowest BCUT2D eigenvalue weighted by molar-refractivity contribution is 0.0368. The molecule has 3 rings (SSSR count). The van der Waals surface area contributed by atoms with Gasteiger partial charge in [-0.15, -0.1) is 0 Å². The molecule has 1 aliphatic heterocycles. The fourth-order valence-electron chi connectivity index (χ4n) is 3.75. The van der Waals surface area contributed by atoms with Gasteiger partial charge in [0, 0.05) is 32.7 Å². The summed E-state index contributed by atoms with van der Waals surface area (Å²) in [7, 11) is 1.68. The molecule has 0 aromatic heterocycles. The van der Waals surface area contributed by atoms with Gasteiger partial charge in [-0.25, -0.2) is 0 Å². The normalized spacial score (nSPS) is 14.1. The summed E-state index contributed by atoms with van der Waals surface area (Å²) in [6.07, 6.45) is 1.03. The molecule has 7 heteroatoms. The van der Waals surface area contributed by atoms with E-state index in [2.05, 4.69) is 40.2 Å². The molecule has 1 heterocycles. The molecule has 0 radical (unpaired) electrons. The number of morpholine rings is 1. The SMILES string of the molecule is CCOc1ccc(CN(CCCN2CCOCC2)C(=S)Nc2cc(C)ccc2OC)cc1. The van der Waals surface area contributed by atoms with Gasteiger partial charge in [-0.1, -0.05) is 18.2 Å². The van der Waals surface area contributed by atoms with E-state index in [1.807, 2.05) is 31.2 Å². The molecule has 6 nitrogen and oxygen atoms in total. The molecule has 0 amide bonds. The van der Waals surface area contributed by atoms with Crippen molar-refractivity contribution in [1.82, 2.24) is 9.80 Å². The molecular formula is C25H35N3O3S. The van der Waals surface area contributed by atoms with Crippen LogP contribution in [-0.2, 0) is 11.3 Å². The number of anilines is 1. The van der Waals surface area contributed by atoms with Gasteiger partial charge in [0.05, 0.1) is 32.6 Å². The minimum Gasteiger partial charge on any atom is -0.495 e. The molecule has 1 N–H and O–H groups in total. The van der Waals surface area contributed by atoms with Crippen molar-refractivity contribution in [2.75, 3.05) is 58.4 Å².